The maximum absolute atomic E-state index is 12.8. The summed E-state index contributed by atoms with van der Waals surface area (Å²) in [6.45, 7) is 0. The number of nitrogens with zero attached hydrogens (tertiary/aromatic N) is 4. The van der Waals surface area contributed by atoms with Gasteiger partial charge in [0.2, 0.25) is 5.95 Å². The molecule has 0 fully saturated rings. The lowest BCUT2D eigenvalue weighted by Gasteiger charge is -2.25. The van der Waals surface area contributed by atoms with Crippen molar-refractivity contribution in [1.29, 1.82) is 5.26 Å². The van der Waals surface area contributed by atoms with Crippen LogP contribution in [0.3, 0.4) is 0 Å². The van der Waals surface area contributed by atoms with E-state index in [1.807, 2.05) is 6.07 Å². The quantitative estimate of drug-likeness (QED) is 0.797. The minimum atomic E-state index is -4.74. The number of halogens is 5. The molecule has 0 saturated heterocycles. The van der Waals surface area contributed by atoms with Gasteiger partial charge in [0.25, 0.3) is 5.82 Å². The van der Waals surface area contributed by atoms with Crippen LogP contribution in [0.15, 0.2) is 23.8 Å². The summed E-state index contributed by atoms with van der Waals surface area (Å²) in [5.41, 5.74) is 6.19. The van der Waals surface area contributed by atoms with Crippen LogP contribution in [0.4, 0.5) is 19.1 Å². The van der Waals surface area contributed by atoms with Crippen molar-refractivity contribution in [3.8, 4) is 6.07 Å². The number of hydrogen-bond acceptors (Lipinski definition) is 5. The minimum Gasteiger partial charge on any atom is -0.383 e. The zero-order valence-corrected chi connectivity index (χ0v) is 13.1. The van der Waals surface area contributed by atoms with Crippen molar-refractivity contribution in [1.82, 2.24) is 14.8 Å². The first-order valence-electron chi connectivity index (χ1n) is 6.38. The number of nitrogens with two attached hydrogens (primary N) is 1. The van der Waals surface area contributed by atoms with Crippen molar-refractivity contribution in [2.75, 3.05) is 5.32 Å². The van der Waals surface area contributed by atoms with E-state index >= 15 is 0 Å². The molecule has 11 heteroatoms. The largest absolute Gasteiger partial charge is 0.453 e. The highest BCUT2D eigenvalue weighted by Crippen LogP contribution is 2.38. The van der Waals surface area contributed by atoms with Gasteiger partial charge in [-0.15, -0.1) is 5.10 Å². The van der Waals surface area contributed by atoms with E-state index in [1.54, 1.807) is 6.07 Å². The van der Waals surface area contributed by atoms with Gasteiger partial charge in [0.05, 0.1) is 11.6 Å². The number of alkyl halides is 3. The first kappa shape index (κ1) is 16.4. The van der Waals surface area contributed by atoms with Gasteiger partial charge >= 0.3 is 6.18 Å². The van der Waals surface area contributed by atoms with Crippen LogP contribution in [0.5, 0.6) is 0 Å². The zero-order chi connectivity index (χ0) is 17.6. The molecule has 3 N–H and O–H groups in total. The van der Waals surface area contributed by atoms with Gasteiger partial charge in [-0.1, -0.05) is 29.3 Å². The Morgan fingerprint density at radius 1 is 1.33 bits per heavy atom. The van der Waals surface area contributed by atoms with Gasteiger partial charge in [-0.2, -0.15) is 28.1 Å². The molecule has 24 heavy (non-hydrogen) atoms. The van der Waals surface area contributed by atoms with Gasteiger partial charge in [0.15, 0.2) is 0 Å². The average molecular weight is 375 g/mol. The van der Waals surface area contributed by atoms with Crippen molar-refractivity contribution < 1.29 is 13.2 Å². The van der Waals surface area contributed by atoms with Crippen LogP contribution in [0, 0.1) is 11.3 Å². The standard InChI is InChI=1S/C13H7Cl2F3N6/c14-5-1-2-6(8(15)3-5)9-7(4-19)10(20)24-12(21-9)22-11(23-24)13(16,17)18/h1-3,9H,20H2,(H,21,22,23)/t9-/m1/s1. The summed E-state index contributed by atoms with van der Waals surface area (Å²) in [7, 11) is 0. The summed E-state index contributed by atoms with van der Waals surface area (Å²) in [5.74, 6) is -1.87. The number of hydrogen-bond donors (Lipinski definition) is 2. The predicted molar refractivity (Wildman–Crippen MR) is 80.9 cm³/mol. The molecule has 6 nitrogen and oxygen atoms in total. The van der Waals surface area contributed by atoms with E-state index < -0.39 is 18.0 Å². The van der Waals surface area contributed by atoms with Gasteiger partial charge in [0, 0.05) is 10.0 Å². The second kappa shape index (κ2) is 5.58. The van der Waals surface area contributed by atoms with Crippen LogP contribution < -0.4 is 11.1 Å². The van der Waals surface area contributed by atoms with Gasteiger partial charge in [-0.05, 0) is 17.7 Å². The summed E-state index contributed by atoms with van der Waals surface area (Å²) in [6.07, 6.45) is -4.74. The Balaban J connectivity index is 2.14. The number of fused-ring (bicyclic) bond motifs is 1. The molecule has 0 aliphatic carbocycles. The number of benzene rings is 1. The molecule has 0 bridgehead atoms. The van der Waals surface area contributed by atoms with E-state index in [4.69, 9.17) is 28.9 Å². The summed E-state index contributed by atoms with van der Waals surface area (Å²) < 4.78 is 39.1. The van der Waals surface area contributed by atoms with Gasteiger partial charge in [-0.3, -0.25) is 0 Å². The van der Waals surface area contributed by atoms with E-state index in [0.717, 1.165) is 4.68 Å². The Bertz CT molecular complexity index is 896. The van der Waals surface area contributed by atoms with E-state index in [-0.39, 0.29) is 22.4 Å². The fourth-order valence-electron chi connectivity index (χ4n) is 2.25. The van der Waals surface area contributed by atoms with Gasteiger partial charge < -0.3 is 11.1 Å². The Morgan fingerprint density at radius 2 is 2.04 bits per heavy atom. The Morgan fingerprint density at radius 3 is 2.62 bits per heavy atom. The first-order chi connectivity index (χ1) is 11.2. The SMILES string of the molecule is N#CC1=C(N)n2nc(C(F)(F)F)nc2N[C@@H]1c1ccc(Cl)cc1Cl. The van der Waals surface area contributed by atoms with E-state index in [2.05, 4.69) is 15.4 Å². The molecular weight excluding hydrogens is 368 g/mol. The zero-order valence-electron chi connectivity index (χ0n) is 11.6. The van der Waals surface area contributed by atoms with E-state index in [1.165, 1.54) is 12.1 Å². The molecule has 3 rings (SSSR count). The van der Waals surface area contributed by atoms with Crippen LogP contribution in [0.1, 0.15) is 17.4 Å². The molecular formula is C13H7Cl2F3N6. The number of rotatable bonds is 1. The Kier molecular flexibility index (Phi) is 3.81. The van der Waals surface area contributed by atoms with Crippen LogP contribution >= 0.6 is 23.2 Å². The smallest absolute Gasteiger partial charge is 0.383 e. The third-order valence-corrected chi connectivity index (χ3v) is 3.88. The topological polar surface area (TPSA) is 92.5 Å². The average Bonchev–Trinajstić information content (AvgIpc) is 2.92. The second-order valence-corrected chi connectivity index (χ2v) is 5.67. The van der Waals surface area contributed by atoms with Crippen molar-refractivity contribution in [3.05, 3.63) is 45.2 Å². The predicted octanol–water partition coefficient (Wildman–Crippen LogP) is 3.42. The lowest BCUT2D eigenvalue weighted by atomic mass is 9.98. The molecule has 0 unspecified atom stereocenters. The van der Waals surface area contributed by atoms with E-state index in [0.29, 0.717) is 10.6 Å². The molecule has 1 aliphatic rings. The summed E-state index contributed by atoms with van der Waals surface area (Å²) >= 11 is 11.9. The molecule has 2 aromatic rings. The molecule has 1 atom stereocenters. The maximum Gasteiger partial charge on any atom is 0.453 e. The molecule has 0 spiro atoms. The van der Waals surface area contributed by atoms with Gasteiger partial charge in [0.1, 0.15) is 11.9 Å². The monoisotopic (exact) mass is 374 g/mol. The van der Waals surface area contributed by atoms with Crippen molar-refractivity contribution in [2.24, 2.45) is 5.73 Å². The normalized spacial score (nSPS) is 17.2. The fraction of sp³-hybridized carbons (Fsp3) is 0.154. The molecule has 124 valence electrons. The molecule has 1 aliphatic heterocycles. The van der Waals surface area contributed by atoms with Crippen LogP contribution in [-0.4, -0.2) is 14.8 Å². The number of nitrogens with one attached hydrogen (secondary N) is 1. The molecule has 1 aromatic heterocycles. The third-order valence-electron chi connectivity index (χ3n) is 3.32. The molecule has 0 saturated carbocycles. The van der Waals surface area contributed by atoms with Crippen LogP contribution in [-0.2, 0) is 6.18 Å². The lowest BCUT2D eigenvalue weighted by molar-refractivity contribution is -0.144. The number of anilines is 1. The van der Waals surface area contributed by atoms with Crippen LogP contribution in [0.25, 0.3) is 5.82 Å². The first-order valence-corrected chi connectivity index (χ1v) is 7.14. The third kappa shape index (κ3) is 2.64. The summed E-state index contributed by atoms with van der Waals surface area (Å²) in [4.78, 5) is 3.39. The Labute approximate surface area is 143 Å². The second-order valence-electron chi connectivity index (χ2n) is 4.82. The van der Waals surface area contributed by atoms with Gasteiger partial charge in [-0.25, -0.2) is 0 Å². The van der Waals surface area contributed by atoms with Crippen molar-refractivity contribution in [2.45, 2.75) is 12.2 Å². The highest BCUT2D eigenvalue weighted by Gasteiger charge is 2.39. The maximum atomic E-state index is 12.8. The van der Waals surface area contributed by atoms with Crippen molar-refractivity contribution in [3.63, 3.8) is 0 Å². The molecule has 1 aromatic carbocycles. The lowest BCUT2D eigenvalue weighted by Crippen LogP contribution is -2.27. The molecule has 0 radical (unpaired) electrons. The van der Waals surface area contributed by atoms with Crippen molar-refractivity contribution >= 4 is 35.0 Å². The molecule has 0 amide bonds. The number of aromatic nitrogens is 3. The fourth-order valence-corrected chi connectivity index (χ4v) is 2.77. The highest BCUT2D eigenvalue weighted by molar-refractivity contribution is 6.35. The highest BCUT2D eigenvalue weighted by atomic mass is 35.5. The Hall–Kier alpha value is -2.44. The minimum absolute atomic E-state index is 0.0367. The number of nitriles is 1. The summed E-state index contributed by atoms with van der Waals surface area (Å²) in [5, 5.41) is 15.9. The molecule has 2 heterocycles. The summed E-state index contributed by atoms with van der Waals surface area (Å²) in [6, 6.07) is 5.52. The van der Waals surface area contributed by atoms with Crippen LogP contribution in [0.2, 0.25) is 10.0 Å². The van der Waals surface area contributed by atoms with E-state index in [9.17, 15) is 18.4 Å².